The zero-order valence-electron chi connectivity index (χ0n) is 12.4. The van der Waals surface area contributed by atoms with Gasteiger partial charge in [-0.2, -0.15) is 0 Å². The van der Waals surface area contributed by atoms with Gasteiger partial charge in [-0.1, -0.05) is 18.2 Å². The van der Waals surface area contributed by atoms with Crippen LogP contribution in [0.3, 0.4) is 0 Å². The van der Waals surface area contributed by atoms with E-state index in [1.54, 1.807) is 7.11 Å². The molecule has 0 aliphatic rings. The lowest BCUT2D eigenvalue weighted by atomic mass is 10.0. The number of amides is 1. The molecule has 0 aliphatic carbocycles. The van der Waals surface area contributed by atoms with Gasteiger partial charge in [0.15, 0.2) is 0 Å². The Kier molecular flexibility index (Phi) is 4.82. The van der Waals surface area contributed by atoms with Crippen molar-refractivity contribution in [2.24, 2.45) is 0 Å². The Bertz CT molecular complexity index is 623. The quantitative estimate of drug-likeness (QED) is 0.823. The molecule has 110 valence electrons. The molecule has 21 heavy (non-hydrogen) atoms. The lowest BCUT2D eigenvalue weighted by Crippen LogP contribution is -2.07. The fraction of sp³-hybridized carbons (Fsp3) is 0.235. The highest BCUT2D eigenvalue weighted by Crippen LogP contribution is 2.37. The first-order chi connectivity index (χ1) is 10.2. The van der Waals surface area contributed by atoms with Crippen molar-refractivity contribution in [2.75, 3.05) is 12.4 Å². The van der Waals surface area contributed by atoms with E-state index in [1.165, 1.54) is 0 Å². The molecule has 1 amide bonds. The van der Waals surface area contributed by atoms with Crippen LogP contribution >= 0.6 is 0 Å². The summed E-state index contributed by atoms with van der Waals surface area (Å²) in [5.41, 5.74) is 2.50. The molecule has 1 N–H and O–H groups in total. The number of carbonyl (C=O) groups excluding carboxylic acids is 1. The van der Waals surface area contributed by atoms with E-state index in [-0.39, 0.29) is 6.10 Å². The summed E-state index contributed by atoms with van der Waals surface area (Å²) in [4.78, 5) is 10.8. The molecule has 4 heteroatoms. The third-order valence-corrected chi connectivity index (χ3v) is 2.98. The zero-order chi connectivity index (χ0) is 15.2. The van der Waals surface area contributed by atoms with E-state index in [0.717, 1.165) is 28.3 Å². The molecule has 2 aromatic carbocycles. The highest BCUT2D eigenvalue weighted by Gasteiger charge is 2.13. The van der Waals surface area contributed by atoms with Crippen molar-refractivity contribution >= 4 is 12.1 Å². The second kappa shape index (κ2) is 6.79. The van der Waals surface area contributed by atoms with Gasteiger partial charge in [-0.05, 0) is 38.1 Å². The Hall–Kier alpha value is -2.49. The third kappa shape index (κ3) is 3.54. The van der Waals surface area contributed by atoms with Crippen molar-refractivity contribution in [3.05, 3.63) is 42.5 Å². The number of methoxy groups -OCH3 is 1. The maximum absolute atomic E-state index is 10.8. The summed E-state index contributed by atoms with van der Waals surface area (Å²) >= 11 is 0. The lowest BCUT2D eigenvalue weighted by Gasteiger charge is -2.17. The topological polar surface area (TPSA) is 47.6 Å². The third-order valence-electron chi connectivity index (χ3n) is 2.98. The van der Waals surface area contributed by atoms with E-state index < -0.39 is 0 Å². The Labute approximate surface area is 124 Å². The van der Waals surface area contributed by atoms with Crippen LogP contribution in [0.2, 0.25) is 0 Å². The fourth-order valence-electron chi connectivity index (χ4n) is 2.11. The molecule has 2 aromatic rings. The molecular weight excluding hydrogens is 266 g/mol. The van der Waals surface area contributed by atoms with Gasteiger partial charge in [-0.25, -0.2) is 0 Å². The summed E-state index contributed by atoms with van der Waals surface area (Å²) in [6, 6.07) is 13.2. The molecule has 0 aromatic heterocycles. The first kappa shape index (κ1) is 14.9. The predicted molar refractivity (Wildman–Crippen MR) is 83.9 cm³/mol. The van der Waals surface area contributed by atoms with Crippen molar-refractivity contribution in [3.63, 3.8) is 0 Å². The summed E-state index contributed by atoms with van der Waals surface area (Å²) in [7, 11) is 1.62. The first-order valence-corrected chi connectivity index (χ1v) is 6.80. The Morgan fingerprint density at radius 2 is 1.86 bits per heavy atom. The standard InChI is InChI=1S/C17H19NO3/c1-12(2)21-17-9-8-13(20-3)10-15(17)14-6-4-5-7-16(14)18-11-19/h4-12H,1-3H3,(H,18,19). The van der Waals surface area contributed by atoms with Crippen molar-refractivity contribution in [1.82, 2.24) is 0 Å². The van der Waals surface area contributed by atoms with Gasteiger partial charge < -0.3 is 14.8 Å². The van der Waals surface area contributed by atoms with Gasteiger partial charge in [-0.15, -0.1) is 0 Å². The molecule has 0 bridgehead atoms. The van der Waals surface area contributed by atoms with Crippen molar-refractivity contribution in [2.45, 2.75) is 20.0 Å². The molecule has 0 saturated carbocycles. The molecule has 0 unspecified atom stereocenters. The molecule has 4 nitrogen and oxygen atoms in total. The summed E-state index contributed by atoms with van der Waals surface area (Å²) in [6.45, 7) is 3.95. The minimum atomic E-state index is 0.0586. The van der Waals surface area contributed by atoms with E-state index in [0.29, 0.717) is 6.41 Å². The molecule has 0 saturated heterocycles. The number of hydrogen-bond acceptors (Lipinski definition) is 3. The largest absolute Gasteiger partial charge is 0.497 e. The number of para-hydroxylation sites is 1. The maximum atomic E-state index is 10.8. The van der Waals surface area contributed by atoms with Crippen LogP contribution in [-0.4, -0.2) is 19.6 Å². The molecule has 0 fully saturated rings. The Balaban J connectivity index is 2.57. The second-order valence-corrected chi connectivity index (χ2v) is 4.84. The van der Waals surface area contributed by atoms with Gasteiger partial charge >= 0.3 is 0 Å². The minimum Gasteiger partial charge on any atom is -0.497 e. The number of rotatable bonds is 6. The van der Waals surface area contributed by atoms with Crippen LogP contribution in [0.25, 0.3) is 11.1 Å². The van der Waals surface area contributed by atoms with E-state index >= 15 is 0 Å². The molecule has 0 spiro atoms. The van der Waals surface area contributed by atoms with Gasteiger partial charge in [0.2, 0.25) is 6.41 Å². The summed E-state index contributed by atoms with van der Waals surface area (Å²) in [5.74, 6) is 1.49. The Morgan fingerprint density at radius 3 is 2.52 bits per heavy atom. The average Bonchev–Trinajstić information content (AvgIpc) is 2.48. The van der Waals surface area contributed by atoms with Crippen LogP contribution < -0.4 is 14.8 Å². The molecule has 0 aliphatic heterocycles. The zero-order valence-corrected chi connectivity index (χ0v) is 12.4. The number of benzene rings is 2. The number of hydrogen-bond donors (Lipinski definition) is 1. The molecule has 0 heterocycles. The number of nitrogens with one attached hydrogen (secondary N) is 1. The van der Waals surface area contributed by atoms with Crippen molar-refractivity contribution < 1.29 is 14.3 Å². The van der Waals surface area contributed by atoms with E-state index in [9.17, 15) is 4.79 Å². The SMILES string of the molecule is COc1ccc(OC(C)C)c(-c2ccccc2NC=O)c1. The van der Waals surface area contributed by atoms with Crippen molar-refractivity contribution in [1.29, 1.82) is 0 Å². The Morgan fingerprint density at radius 1 is 1.10 bits per heavy atom. The lowest BCUT2D eigenvalue weighted by molar-refractivity contribution is -0.105. The maximum Gasteiger partial charge on any atom is 0.211 e. The van der Waals surface area contributed by atoms with Crippen molar-refractivity contribution in [3.8, 4) is 22.6 Å². The van der Waals surface area contributed by atoms with Crippen LogP contribution in [-0.2, 0) is 4.79 Å². The van der Waals surface area contributed by atoms with Gasteiger partial charge in [0.1, 0.15) is 11.5 Å². The van der Waals surface area contributed by atoms with Gasteiger partial charge in [0.25, 0.3) is 0 Å². The van der Waals surface area contributed by atoms with Crippen LogP contribution in [0, 0.1) is 0 Å². The highest BCUT2D eigenvalue weighted by atomic mass is 16.5. The molecular formula is C17H19NO3. The van der Waals surface area contributed by atoms with Gasteiger partial charge in [-0.3, -0.25) is 4.79 Å². The van der Waals surface area contributed by atoms with E-state index in [4.69, 9.17) is 9.47 Å². The summed E-state index contributed by atoms with van der Waals surface area (Å²) in [5, 5.41) is 2.72. The van der Waals surface area contributed by atoms with Crippen LogP contribution in [0.1, 0.15) is 13.8 Å². The number of anilines is 1. The minimum absolute atomic E-state index is 0.0586. The normalized spacial score (nSPS) is 10.3. The first-order valence-electron chi connectivity index (χ1n) is 6.80. The second-order valence-electron chi connectivity index (χ2n) is 4.84. The van der Waals surface area contributed by atoms with Gasteiger partial charge in [0.05, 0.1) is 13.2 Å². The monoisotopic (exact) mass is 285 g/mol. The summed E-state index contributed by atoms with van der Waals surface area (Å²) in [6.07, 6.45) is 0.727. The molecule has 0 atom stereocenters. The van der Waals surface area contributed by atoms with Crippen LogP contribution in [0.15, 0.2) is 42.5 Å². The molecule has 2 rings (SSSR count). The number of carbonyl (C=O) groups is 1. The van der Waals surface area contributed by atoms with Gasteiger partial charge in [0, 0.05) is 16.8 Å². The van der Waals surface area contributed by atoms with Crippen LogP contribution in [0.5, 0.6) is 11.5 Å². The average molecular weight is 285 g/mol. The number of ether oxygens (including phenoxy) is 2. The fourth-order valence-corrected chi connectivity index (χ4v) is 2.11. The predicted octanol–water partition coefficient (Wildman–Crippen LogP) is 3.72. The summed E-state index contributed by atoms with van der Waals surface area (Å²) < 4.78 is 11.2. The van der Waals surface area contributed by atoms with Crippen LogP contribution in [0.4, 0.5) is 5.69 Å². The van der Waals surface area contributed by atoms with E-state index in [2.05, 4.69) is 5.32 Å². The highest BCUT2D eigenvalue weighted by molar-refractivity contribution is 5.87. The molecule has 0 radical (unpaired) electrons. The van der Waals surface area contributed by atoms with E-state index in [1.807, 2.05) is 56.3 Å². The smallest absolute Gasteiger partial charge is 0.211 e.